The largest absolute Gasteiger partial charge is 0.512 e. The number of fused-ring (bicyclic) bond motifs is 5. The Kier molecular flexibility index (Phi) is 10.3. The summed E-state index contributed by atoms with van der Waals surface area (Å²) in [4.78, 5) is 16.1. The third kappa shape index (κ3) is 6.93. The topological polar surface area (TPSA) is 50.2 Å². The van der Waals surface area contributed by atoms with Gasteiger partial charge in [-0.1, -0.05) is 52.0 Å². The summed E-state index contributed by atoms with van der Waals surface area (Å²) >= 11 is 1.59. The molecule has 2 aromatic heterocycles. The van der Waals surface area contributed by atoms with Crippen LogP contribution in [-0.2, 0) is 24.9 Å². The van der Waals surface area contributed by atoms with E-state index in [4.69, 9.17) is 4.98 Å². The van der Waals surface area contributed by atoms with Crippen LogP contribution in [-0.4, -0.2) is 15.9 Å². The van der Waals surface area contributed by atoms with Crippen molar-refractivity contribution >= 4 is 48.2 Å². The molecule has 0 aliphatic carbocycles. The molecule has 0 aliphatic heterocycles. The molecule has 3 nitrogen and oxygen atoms in total. The average Bonchev–Trinajstić information content (AvgIpc) is 3.24. The zero-order chi connectivity index (χ0) is 26.5. The van der Waals surface area contributed by atoms with E-state index >= 15 is 0 Å². The van der Waals surface area contributed by atoms with Gasteiger partial charge in [-0.3, -0.25) is 9.78 Å². The number of aliphatic hydroxyl groups is 1. The van der Waals surface area contributed by atoms with Crippen LogP contribution < -0.4 is 0 Å². The van der Waals surface area contributed by atoms with Gasteiger partial charge in [0.05, 0.1) is 11.3 Å². The summed E-state index contributed by atoms with van der Waals surface area (Å²) in [6.45, 7) is 8.00. The molecular formula is C32H31FIrNO2S-. The second-order valence-corrected chi connectivity index (χ2v) is 11.0. The SMILES string of the molecule is CC(C)CC(=O)/C=C(\O)CC(C)C.Fc1cccc2sc3c(-c4[c-]cccc4)nc4ccccc4c3c12.[Ir]. The van der Waals surface area contributed by atoms with E-state index in [1.165, 1.54) is 12.1 Å². The number of ketones is 1. The molecule has 0 bridgehead atoms. The number of para-hydroxylation sites is 1. The molecule has 6 heteroatoms. The van der Waals surface area contributed by atoms with Crippen LogP contribution in [0.1, 0.15) is 40.5 Å². The maximum absolute atomic E-state index is 14.6. The number of allylic oxidation sites excluding steroid dienone is 2. The van der Waals surface area contributed by atoms with Gasteiger partial charge in [-0.15, -0.1) is 47.2 Å². The molecule has 2 heterocycles. The van der Waals surface area contributed by atoms with E-state index in [9.17, 15) is 14.3 Å². The monoisotopic (exact) mass is 705 g/mol. The first-order valence-corrected chi connectivity index (χ1v) is 13.3. The van der Waals surface area contributed by atoms with Crippen molar-refractivity contribution in [2.24, 2.45) is 11.8 Å². The van der Waals surface area contributed by atoms with E-state index in [1.807, 2.05) is 82.3 Å². The van der Waals surface area contributed by atoms with Gasteiger partial charge in [-0.2, -0.15) is 0 Å². The molecular weight excluding hydrogens is 674 g/mol. The standard InChI is InChI=1S/C21H11FNS.C11H20O2.Ir/c22-15-10-6-12-17-19(15)18-14-9-4-5-11-16(14)23-20(21(18)24-17)13-7-2-1-3-8-13;1-8(2)5-10(12)7-11(13)6-9(3)4;/h1-7,9-12H;7-9,12H,5-6H2,1-4H3;/q-1;;/b;10-7-;. The Morgan fingerprint density at radius 2 is 1.68 bits per heavy atom. The molecule has 0 fully saturated rings. The predicted molar refractivity (Wildman–Crippen MR) is 153 cm³/mol. The van der Waals surface area contributed by atoms with Crippen LogP contribution in [0, 0.1) is 23.7 Å². The van der Waals surface area contributed by atoms with Gasteiger partial charge in [0.1, 0.15) is 5.82 Å². The molecule has 0 spiro atoms. The number of nitrogens with zero attached hydrogens (tertiary/aromatic N) is 1. The molecule has 1 N–H and O–H groups in total. The number of pyridine rings is 1. The number of aromatic nitrogens is 1. The fraction of sp³-hybridized carbons (Fsp3) is 0.250. The third-order valence-corrected chi connectivity index (χ3v) is 6.97. The second kappa shape index (κ2) is 13.2. The van der Waals surface area contributed by atoms with Crippen molar-refractivity contribution in [3.8, 4) is 11.3 Å². The molecule has 3 aromatic carbocycles. The molecule has 0 unspecified atom stereocenters. The number of halogens is 1. The summed E-state index contributed by atoms with van der Waals surface area (Å²) in [5, 5.41) is 12.0. The summed E-state index contributed by atoms with van der Waals surface area (Å²) in [5.41, 5.74) is 2.67. The average molecular weight is 705 g/mol. The quantitative estimate of drug-likeness (QED) is 0.109. The molecule has 0 atom stereocenters. The fourth-order valence-corrected chi connectivity index (χ4v) is 5.57. The molecule has 0 saturated carbocycles. The van der Waals surface area contributed by atoms with Gasteiger partial charge in [0.15, 0.2) is 5.78 Å². The summed E-state index contributed by atoms with van der Waals surface area (Å²) in [7, 11) is 0. The van der Waals surface area contributed by atoms with E-state index in [-0.39, 0.29) is 37.5 Å². The van der Waals surface area contributed by atoms with E-state index in [1.54, 1.807) is 17.4 Å². The van der Waals surface area contributed by atoms with Gasteiger partial charge in [0.25, 0.3) is 0 Å². The Morgan fingerprint density at radius 1 is 0.974 bits per heavy atom. The van der Waals surface area contributed by atoms with Crippen LogP contribution in [0.15, 0.2) is 78.6 Å². The van der Waals surface area contributed by atoms with Crippen LogP contribution in [0.25, 0.3) is 42.3 Å². The summed E-state index contributed by atoms with van der Waals surface area (Å²) in [5.74, 6) is 0.797. The first-order chi connectivity index (χ1) is 17.7. The molecule has 0 amide bonds. The molecule has 0 saturated heterocycles. The first kappa shape index (κ1) is 29.6. The Balaban J connectivity index is 0.000000248. The zero-order valence-electron chi connectivity index (χ0n) is 21.9. The van der Waals surface area contributed by atoms with Crippen molar-refractivity contribution in [3.05, 3.63) is 90.4 Å². The predicted octanol–water partition coefficient (Wildman–Crippen LogP) is 9.30. The van der Waals surface area contributed by atoms with Gasteiger partial charge in [0.2, 0.25) is 0 Å². The number of rotatable bonds is 6. The number of thiophene rings is 1. The van der Waals surface area contributed by atoms with E-state index in [2.05, 4.69) is 6.07 Å². The van der Waals surface area contributed by atoms with Gasteiger partial charge >= 0.3 is 0 Å². The minimum absolute atomic E-state index is 0. The van der Waals surface area contributed by atoms with Crippen molar-refractivity contribution in [1.82, 2.24) is 4.98 Å². The Bertz CT molecular complexity index is 1570. The first-order valence-electron chi connectivity index (χ1n) is 12.5. The van der Waals surface area contributed by atoms with Crippen LogP contribution in [0.2, 0.25) is 0 Å². The molecule has 0 aliphatic rings. The second-order valence-electron chi connectivity index (χ2n) is 9.97. The molecule has 5 rings (SSSR count). The molecule has 5 aromatic rings. The number of hydrogen-bond acceptors (Lipinski definition) is 4. The van der Waals surface area contributed by atoms with E-state index < -0.39 is 0 Å². The summed E-state index contributed by atoms with van der Waals surface area (Å²) in [6.07, 6.45) is 2.46. The third-order valence-electron chi connectivity index (χ3n) is 5.80. The Morgan fingerprint density at radius 3 is 2.37 bits per heavy atom. The number of aliphatic hydroxyl groups excluding tert-OH is 1. The van der Waals surface area contributed by atoms with Crippen LogP contribution in [0.5, 0.6) is 0 Å². The minimum atomic E-state index is -0.182. The normalized spacial score (nSPS) is 11.6. The summed E-state index contributed by atoms with van der Waals surface area (Å²) in [6, 6.07) is 24.2. The Hall–Kier alpha value is -2.92. The zero-order valence-corrected chi connectivity index (χ0v) is 25.1. The van der Waals surface area contributed by atoms with Crippen molar-refractivity contribution in [2.45, 2.75) is 40.5 Å². The fourth-order valence-electron chi connectivity index (χ4n) is 4.33. The van der Waals surface area contributed by atoms with Gasteiger partial charge in [0, 0.05) is 70.3 Å². The van der Waals surface area contributed by atoms with Crippen molar-refractivity contribution < 1.29 is 34.4 Å². The van der Waals surface area contributed by atoms with Crippen molar-refractivity contribution in [1.29, 1.82) is 0 Å². The smallest absolute Gasteiger partial charge is 0.159 e. The number of carbonyl (C=O) groups is 1. The number of carbonyl (C=O) groups excluding carboxylic acids is 1. The van der Waals surface area contributed by atoms with Gasteiger partial charge in [-0.05, 0) is 30.0 Å². The maximum atomic E-state index is 14.6. The van der Waals surface area contributed by atoms with Gasteiger partial charge < -0.3 is 5.11 Å². The maximum Gasteiger partial charge on any atom is 0.159 e. The van der Waals surface area contributed by atoms with E-state index in [0.717, 1.165) is 36.9 Å². The Labute approximate surface area is 240 Å². The van der Waals surface area contributed by atoms with Crippen LogP contribution in [0.4, 0.5) is 4.39 Å². The van der Waals surface area contributed by atoms with Crippen molar-refractivity contribution in [3.63, 3.8) is 0 Å². The number of hydrogen-bond donors (Lipinski definition) is 1. The minimum Gasteiger partial charge on any atom is -0.512 e. The number of benzene rings is 3. The van der Waals surface area contributed by atoms with Crippen molar-refractivity contribution in [2.75, 3.05) is 0 Å². The van der Waals surface area contributed by atoms with Gasteiger partial charge in [-0.25, -0.2) is 4.39 Å². The summed E-state index contributed by atoms with van der Waals surface area (Å²) < 4.78 is 16.5. The molecule has 199 valence electrons. The van der Waals surface area contributed by atoms with Crippen LogP contribution >= 0.6 is 11.3 Å². The van der Waals surface area contributed by atoms with Crippen LogP contribution in [0.3, 0.4) is 0 Å². The van der Waals surface area contributed by atoms with E-state index in [0.29, 0.717) is 30.1 Å². The molecule has 38 heavy (non-hydrogen) atoms. The molecule has 1 radical (unpaired) electrons.